The molecule has 1 rings (SSSR count). The number of nitrogens with zero attached hydrogens (tertiary/aromatic N) is 1. The van der Waals surface area contributed by atoms with E-state index in [9.17, 15) is 0 Å². The van der Waals surface area contributed by atoms with Crippen LogP contribution in [0.25, 0.3) is 0 Å². The number of benzene rings is 1. The third kappa shape index (κ3) is 2.11. The van der Waals surface area contributed by atoms with E-state index in [1.54, 1.807) is 18.2 Å². The summed E-state index contributed by atoms with van der Waals surface area (Å²) < 4.78 is 0. The molecule has 0 aliphatic heterocycles. The molecule has 72 valence electrons. The van der Waals surface area contributed by atoms with E-state index in [0.29, 0.717) is 17.0 Å². The highest BCUT2D eigenvalue weighted by Gasteiger charge is 2.03. The molecule has 0 aromatic heterocycles. The van der Waals surface area contributed by atoms with Gasteiger partial charge in [-0.2, -0.15) is 5.26 Å². The van der Waals surface area contributed by atoms with Crippen molar-refractivity contribution in [2.24, 2.45) is 0 Å². The van der Waals surface area contributed by atoms with E-state index in [0.717, 1.165) is 18.4 Å². The van der Waals surface area contributed by atoms with Gasteiger partial charge >= 0.3 is 0 Å². The fourth-order valence-corrected chi connectivity index (χ4v) is 1.24. The Morgan fingerprint density at radius 2 is 2.29 bits per heavy atom. The Labute approximate surface area is 83.7 Å². The Kier molecular flexibility index (Phi) is 3.24. The molecule has 0 aliphatic rings. The van der Waals surface area contributed by atoms with Crippen LogP contribution in [0.15, 0.2) is 18.2 Å². The SMILES string of the molecule is CCCC(=N)c1ccc(N)c(C#N)c1. The van der Waals surface area contributed by atoms with E-state index in [1.807, 2.05) is 13.0 Å². The zero-order valence-electron chi connectivity index (χ0n) is 8.17. The second-order valence-corrected chi connectivity index (χ2v) is 3.14. The van der Waals surface area contributed by atoms with Crippen LogP contribution in [-0.4, -0.2) is 5.71 Å². The maximum Gasteiger partial charge on any atom is 0.101 e. The first-order valence-electron chi connectivity index (χ1n) is 4.56. The molecule has 1 aromatic carbocycles. The summed E-state index contributed by atoms with van der Waals surface area (Å²) in [6.07, 6.45) is 1.67. The normalized spacial score (nSPS) is 9.43. The monoisotopic (exact) mass is 187 g/mol. The van der Waals surface area contributed by atoms with Crippen LogP contribution in [0.3, 0.4) is 0 Å². The molecule has 0 heterocycles. The number of hydrogen-bond donors (Lipinski definition) is 2. The molecule has 0 radical (unpaired) electrons. The fourth-order valence-electron chi connectivity index (χ4n) is 1.24. The number of nitrogen functional groups attached to an aromatic ring is 1. The van der Waals surface area contributed by atoms with E-state index in [4.69, 9.17) is 16.4 Å². The highest BCUT2D eigenvalue weighted by atomic mass is 14.6. The zero-order chi connectivity index (χ0) is 10.6. The van der Waals surface area contributed by atoms with Crippen LogP contribution in [0.4, 0.5) is 5.69 Å². The van der Waals surface area contributed by atoms with Crippen LogP contribution >= 0.6 is 0 Å². The number of anilines is 1. The Balaban J connectivity index is 3.02. The molecule has 0 aliphatic carbocycles. The van der Waals surface area contributed by atoms with Gasteiger partial charge in [-0.15, -0.1) is 0 Å². The highest BCUT2D eigenvalue weighted by Crippen LogP contribution is 2.14. The predicted molar refractivity (Wildman–Crippen MR) is 57.3 cm³/mol. The Hall–Kier alpha value is -1.82. The first kappa shape index (κ1) is 10.3. The van der Waals surface area contributed by atoms with E-state index in [2.05, 4.69) is 0 Å². The summed E-state index contributed by atoms with van der Waals surface area (Å²) in [5.74, 6) is 0. The van der Waals surface area contributed by atoms with Crippen LogP contribution in [0.5, 0.6) is 0 Å². The largest absolute Gasteiger partial charge is 0.398 e. The number of nitrogens with one attached hydrogen (secondary N) is 1. The van der Waals surface area contributed by atoms with Crippen molar-refractivity contribution in [2.45, 2.75) is 19.8 Å². The molecular weight excluding hydrogens is 174 g/mol. The van der Waals surface area contributed by atoms with Gasteiger partial charge < -0.3 is 11.1 Å². The molecule has 0 atom stereocenters. The average Bonchev–Trinajstić information content (AvgIpc) is 2.19. The summed E-state index contributed by atoms with van der Waals surface area (Å²) in [6, 6.07) is 7.15. The standard InChI is InChI=1S/C11H13N3/c1-2-3-10(13)8-4-5-11(14)9(6-8)7-12/h4-6,13H,2-3,14H2,1H3. The van der Waals surface area contributed by atoms with Gasteiger partial charge in [0, 0.05) is 11.4 Å². The van der Waals surface area contributed by atoms with Crippen molar-refractivity contribution >= 4 is 11.4 Å². The van der Waals surface area contributed by atoms with Crippen LogP contribution in [0.1, 0.15) is 30.9 Å². The molecule has 14 heavy (non-hydrogen) atoms. The highest BCUT2D eigenvalue weighted by molar-refractivity contribution is 5.98. The Morgan fingerprint density at radius 3 is 2.86 bits per heavy atom. The Bertz CT molecular complexity index is 388. The molecule has 0 saturated heterocycles. The quantitative estimate of drug-likeness (QED) is 0.563. The summed E-state index contributed by atoms with van der Waals surface area (Å²) in [6.45, 7) is 2.02. The average molecular weight is 187 g/mol. The second-order valence-electron chi connectivity index (χ2n) is 3.14. The topological polar surface area (TPSA) is 73.7 Å². The zero-order valence-corrected chi connectivity index (χ0v) is 8.17. The van der Waals surface area contributed by atoms with E-state index >= 15 is 0 Å². The number of rotatable bonds is 3. The van der Waals surface area contributed by atoms with Crippen molar-refractivity contribution in [3.8, 4) is 6.07 Å². The first-order valence-corrected chi connectivity index (χ1v) is 4.56. The lowest BCUT2D eigenvalue weighted by Crippen LogP contribution is -2.00. The molecule has 0 bridgehead atoms. The van der Waals surface area contributed by atoms with Crippen molar-refractivity contribution in [2.75, 3.05) is 5.73 Å². The van der Waals surface area contributed by atoms with E-state index in [1.165, 1.54) is 0 Å². The Morgan fingerprint density at radius 1 is 1.57 bits per heavy atom. The maximum absolute atomic E-state index is 8.75. The molecule has 0 amide bonds. The molecule has 3 nitrogen and oxygen atoms in total. The molecular formula is C11H13N3. The summed E-state index contributed by atoms with van der Waals surface area (Å²) in [7, 11) is 0. The maximum atomic E-state index is 8.75. The minimum Gasteiger partial charge on any atom is -0.398 e. The lowest BCUT2D eigenvalue weighted by atomic mass is 10.0. The summed E-state index contributed by atoms with van der Waals surface area (Å²) in [5, 5.41) is 16.5. The van der Waals surface area contributed by atoms with Crippen molar-refractivity contribution in [1.29, 1.82) is 10.7 Å². The lowest BCUT2D eigenvalue weighted by Gasteiger charge is -2.04. The van der Waals surface area contributed by atoms with Gasteiger partial charge in [-0.05, 0) is 24.1 Å². The third-order valence-electron chi connectivity index (χ3n) is 2.02. The molecule has 3 N–H and O–H groups in total. The van der Waals surface area contributed by atoms with Gasteiger partial charge in [-0.3, -0.25) is 0 Å². The summed E-state index contributed by atoms with van der Waals surface area (Å²) in [5.41, 5.74) is 7.85. The molecule has 0 unspecified atom stereocenters. The van der Waals surface area contributed by atoms with E-state index < -0.39 is 0 Å². The minimum atomic E-state index is 0.448. The van der Waals surface area contributed by atoms with Gasteiger partial charge in [-0.1, -0.05) is 19.4 Å². The van der Waals surface area contributed by atoms with Gasteiger partial charge in [0.2, 0.25) is 0 Å². The number of nitriles is 1. The smallest absolute Gasteiger partial charge is 0.101 e. The molecule has 3 heteroatoms. The minimum absolute atomic E-state index is 0.448. The van der Waals surface area contributed by atoms with Crippen LogP contribution in [0, 0.1) is 16.7 Å². The predicted octanol–water partition coefficient (Wildman–Crippen LogP) is 2.31. The van der Waals surface area contributed by atoms with Gasteiger partial charge in [0.15, 0.2) is 0 Å². The second kappa shape index (κ2) is 4.43. The van der Waals surface area contributed by atoms with Gasteiger partial charge in [0.05, 0.1) is 5.56 Å². The van der Waals surface area contributed by atoms with Crippen LogP contribution in [0.2, 0.25) is 0 Å². The molecule has 0 spiro atoms. The van der Waals surface area contributed by atoms with Crippen molar-refractivity contribution in [1.82, 2.24) is 0 Å². The van der Waals surface area contributed by atoms with E-state index in [-0.39, 0.29) is 0 Å². The lowest BCUT2D eigenvalue weighted by molar-refractivity contribution is 0.986. The molecule has 0 fully saturated rings. The van der Waals surface area contributed by atoms with Crippen molar-refractivity contribution in [3.63, 3.8) is 0 Å². The number of hydrogen-bond acceptors (Lipinski definition) is 3. The van der Waals surface area contributed by atoms with Gasteiger partial charge in [0.1, 0.15) is 6.07 Å². The third-order valence-corrected chi connectivity index (χ3v) is 2.02. The van der Waals surface area contributed by atoms with Crippen LogP contribution in [-0.2, 0) is 0 Å². The van der Waals surface area contributed by atoms with Gasteiger partial charge in [0.25, 0.3) is 0 Å². The summed E-state index contributed by atoms with van der Waals surface area (Å²) >= 11 is 0. The molecule has 1 aromatic rings. The van der Waals surface area contributed by atoms with Gasteiger partial charge in [-0.25, -0.2) is 0 Å². The van der Waals surface area contributed by atoms with Crippen molar-refractivity contribution in [3.05, 3.63) is 29.3 Å². The first-order chi connectivity index (χ1) is 6.69. The van der Waals surface area contributed by atoms with Crippen molar-refractivity contribution < 1.29 is 0 Å². The van der Waals surface area contributed by atoms with Crippen LogP contribution < -0.4 is 5.73 Å². The fraction of sp³-hybridized carbons (Fsp3) is 0.273. The summed E-state index contributed by atoms with van der Waals surface area (Å²) in [4.78, 5) is 0. The number of nitrogens with two attached hydrogens (primary N) is 1. The molecule has 0 saturated carbocycles.